The van der Waals surface area contributed by atoms with Crippen LogP contribution >= 0.6 is 23.2 Å². The Hall–Kier alpha value is -1.59. The van der Waals surface area contributed by atoms with Gasteiger partial charge in [0.15, 0.2) is 11.6 Å². The van der Waals surface area contributed by atoms with E-state index in [0.29, 0.717) is 0 Å². The molecular formula is C11H9Cl2NO4. The number of carbonyl (C=O) groups is 3. The van der Waals surface area contributed by atoms with Gasteiger partial charge < -0.3 is 10.8 Å². The Kier molecular flexibility index (Phi) is 4.69. The summed E-state index contributed by atoms with van der Waals surface area (Å²) in [7, 11) is 0. The molecule has 0 saturated heterocycles. The van der Waals surface area contributed by atoms with Gasteiger partial charge in [-0.2, -0.15) is 0 Å². The van der Waals surface area contributed by atoms with E-state index in [0.717, 1.165) is 6.07 Å². The summed E-state index contributed by atoms with van der Waals surface area (Å²) in [6, 6.07) is 2.30. The van der Waals surface area contributed by atoms with Crippen molar-refractivity contribution in [3.05, 3.63) is 28.8 Å². The molecule has 0 amide bonds. The van der Waals surface area contributed by atoms with Crippen molar-refractivity contribution >= 4 is 46.4 Å². The van der Waals surface area contributed by atoms with Crippen LogP contribution in [0.2, 0.25) is 0 Å². The molecule has 1 rings (SSSR count). The van der Waals surface area contributed by atoms with E-state index in [-0.39, 0.29) is 34.1 Å². The van der Waals surface area contributed by atoms with E-state index >= 15 is 0 Å². The third-order valence-electron chi connectivity index (χ3n) is 2.28. The van der Waals surface area contributed by atoms with Gasteiger partial charge in [0.1, 0.15) is 0 Å². The van der Waals surface area contributed by atoms with Gasteiger partial charge in [-0.1, -0.05) is 0 Å². The lowest BCUT2D eigenvalue weighted by Crippen LogP contribution is -2.14. The van der Waals surface area contributed by atoms with Gasteiger partial charge >= 0.3 is 5.97 Å². The predicted molar refractivity (Wildman–Crippen MR) is 67.9 cm³/mol. The molecule has 0 unspecified atom stereocenters. The van der Waals surface area contributed by atoms with Gasteiger partial charge in [0, 0.05) is 11.1 Å². The number of nitrogens with two attached hydrogens (primary N) is 1. The second-order valence-electron chi connectivity index (χ2n) is 3.40. The van der Waals surface area contributed by atoms with Gasteiger partial charge in [-0.15, -0.1) is 23.2 Å². The highest BCUT2D eigenvalue weighted by Gasteiger charge is 2.20. The quantitative estimate of drug-likeness (QED) is 0.489. The molecule has 0 radical (unpaired) electrons. The molecule has 0 aliphatic carbocycles. The molecule has 1 aromatic rings. The summed E-state index contributed by atoms with van der Waals surface area (Å²) in [5.74, 6) is -3.07. The average molecular weight is 290 g/mol. The molecule has 0 aliphatic heterocycles. The number of rotatable bonds is 5. The van der Waals surface area contributed by atoms with Crippen molar-refractivity contribution in [1.82, 2.24) is 0 Å². The van der Waals surface area contributed by atoms with Gasteiger partial charge in [-0.25, -0.2) is 4.79 Å². The fourth-order valence-electron chi connectivity index (χ4n) is 1.37. The molecular weight excluding hydrogens is 281 g/mol. The van der Waals surface area contributed by atoms with Gasteiger partial charge in [-0.05, 0) is 12.1 Å². The van der Waals surface area contributed by atoms with E-state index in [4.69, 9.17) is 34.0 Å². The maximum Gasteiger partial charge on any atom is 0.337 e. The van der Waals surface area contributed by atoms with Crippen LogP contribution < -0.4 is 5.73 Å². The maximum atomic E-state index is 11.5. The molecule has 1 aromatic carbocycles. The van der Waals surface area contributed by atoms with Crippen LogP contribution in [-0.4, -0.2) is 34.4 Å². The number of Topliss-reactive ketones (excluding diaryl/α,β-unsaturated/α-hetero) is 2. The zero-order valence-corrected chi connectivity index (χ0v) is 10.6. The minimum absolute atomic E-state index is 0.0186. The molecule has 18 heavy (non-hydrogen) atoms. The topological polar surface area (TPSA) is 97.5 Å². The van der Waals surface area contributed by atoms with Crippen molar-refractivity contribution in [2.45, 2.75) is 0 Å². The van der Waals surface area contributed by atoms with E-state index < -0.39 is 17.5 Å². The summed E-state index contributed by atoms with van der Waals surface area (Å²) in [4.78, 5) is 34.0. The van der Waals surface area contributed by atoms with Crippen LogP contribution in [0.3, 0.4) is 0 Å². The highest BCUT2D eigenvalue weighted by atomic mass is 35.5. The van der Waals surface area contributed by atoms with Gasteiger partial charge in [0.2, 0.25) is 0 Å². The number of hydrogen-bond acceptors (Lipinski definition) is 4. The zero-order chi connectivity index (χ0) is 13.9. The minimum atomic E-state index is -1.33. The molecule has 0 fully saturated rings. The third kappa shape index (κ3) is 2.80. The Labute approximate surface area is 112 Å². The average Bonchev–Trinajstić information content (AvgIpc) is 2.36. The van der Waals surface area contributed by atoms with E-state index in [1.807, 2.05) is 0 Å². The van der Waals surface area contributed by atoms with Crippen LogP contribution in [0.15, 0.2) is 12.1 Å². The number of halogens is 2. The molecule has 96 valence electrons. The number of aromatic carboxylic acids is 1. The smallest absolute Gasteiger partial charge is 0.337 e. The van der Waals surface area contributed by atoms with Crippen molar-refractivity contribution in [2.75, 3.05) is 17.5 Å². The summed E-state index contributed by atoms with van der Waals surface area (Å²) in [6.07, 6.45) is 0. The van der Waals surface area contributed by atoms with Crippen molar-refractivity contribution in [2.24, 2.45) is 0 Å². The number of nitrogen functional groups attached to an aromatic ring is 1. The normalized spacial score (nSPS) is 10.1. The van der Waals surface area contributed by atoms with Crippen molar-refractivity contribution in [3.63, 3.8) is 0 Å². The van der Waals surface area contributed by atoms with Crippen LogP contribution in [0.4, 0.5) is 5.69 Å². The van der Waals surface area contributed by atoms with E-state index in [9.17, 15) is 14.4 Å². The standard InChI is InChI=1S/C11H9Cl2NO4/c12-3-8(15)5-1-6(9(16)4-13)10(14)7(2-5)11(17)18/h1-2H,3-4,14H2,(H,17,18). The summed E-state index contributed by atoms with van der Waals surface area (Å²) in [6.45, 7) is 0. The summed E-state index contributed by atoms with van der Waals surface area (Å²) in [5.41, 5.74) is 4.97. The lowest BCUT2D eigenvalue weighted by Gasteiger charge is -2.09. The molecule has 0 heterocycles. The SMILES string of the molecule is Nc1c(C(=O)O)cc(C(=O)CCl)cc1C(=O)CCl. The number of alkyl halides is 2. The van der Waals surface area contributed by atoms with Crippen LogP contribution in [0, 0.1) is 0 Å². The monoisotopic (exact) mass is 289 g/mol. The summed E-state index contributed by atoms with van der Waals surface area (Å²) in [5, 5.41) is 8.95. The van der Waals surface area contributed by atoms with Crippen molar-refractivity contribution in [1.29, 1.82) is 0 Å². The third-order valence-corrected chi connectivity index (χ3v) is 2.76. The second-order valence-corrected chi connectivity index (χ2v) is 3.94. The van der Waals surface area contributed by atoms with Gasteiger partial charge in [0.05, 0.1) is 23.0 Å². The first kappa shape index (κ1) is 14.5. The molecule has 0 saturated carbocycles. The summed E-state index contributed by atoms with van der Waals surface area (Å²) < 4.78 is 0. The Morgan fingerprint density at radius 1 is 1.06 bits per heavy atom. The largest absolute Gasteiger partial charge is 0.478 e. The van der Waals surface area contributed by atoms with Crippen LogP contribution in [0.5, 0.6) is 0 Å². The first-order chi connectivity index (χ1) is 8.42. The van der Waals surface area contributed by atoms with E-state index in [1.54, 1.807) is 0 Å². The molecule has 0 aliphatic rings. The number of anilines is 1. The number of ketones is 2. The Morgan fingerprint density at radius 2 is 1.56 bits per heavy atom. The fraction of sp³-hybridized carbons (Fsp3) is 0.182. The van der Waals surface area contributed by atoms with E-state index in [1.165, 1.54) is 6.07 Å². The maximum absolute atomic E-state index is 11.5. The number of hydrogen-bond donors (Lipinski definition) is 2. The first-order valence-electron chi connectivity index (χ1n) is 4.77. The highest BCUT2D eigenvalue weighted by molar-refractivity contribution is 6.32. The van der Waals surface area contributed by atoms with E-state index in [2.05, 4.69) is 0 Å². The molecule has 0 aromatic heterocycles. The summed E-state index contributed by atoms with van der Waals surface area (Å²) >= 11 is 10.8. The molecule has 5 nitrogen and oxygen atoms in total. The van der Waals surface area contributed by atoms with Crippen LogP contribution in [0.1, 0.15) is 31.1 Å². The zero-order valence-electron chi connectivity index (χ0n) is 9.07. The molecule has 3 N–H and O–H groups in total. The fourth-order valence-corrected chi connectivity index (χ4v) is 1.67. The molecule has 0 atom stereocenters. The minimum Gasteiger partial charge on any atom is -0.478 e. The number of carboxylic acid groups (broad SMARTS) is 1. The number of benzene rings is 1. The second kappa shape index (κ2) is 5.84. The Balaban J connectivity index is 3.51. The number of carbonyl (C=O) groups excluding carboxylic acids is 2. The molecule has 0 spiro atoms. The predicted octanol–water partition coefficient (Wildman–Crippen LogP) is 1.81. The van der Waals surface area contributed by atoms with Crippen molar-refractivity contribution in [3.8, 4) is 0 Å². The highest BCUT2D eigenvalue weighted by Crippen LogP contribution is 2.22. The Morgan fingerprint density at radius 3 is 2.00 bits per heavy atom. The first-order valence-corrected chi connectivity index (χ1v) is 5.84. The molecule has 7 heteroatoms. The Bertz CT molecular complexity index is 528. The number of carboxylic acids is 1. The lowest BCUT2D eigenvalue weighted by atomic mass is 9.98. The van der Waals surface area contributed by atoms with Gasteiger partial charge in [-0.3, -0.25) is 9.59 Å². The van der Waals surface area contributed by atoms with Crippen LogP contribution in [-0.2, 0) is 0 Å². The molecule has 0 bridgehead atoms. The van der Waals surface area contributed by atoms with Gasteiger partial charge in [0.25, 0.3) is 0 Å². The van der Waals surface area contributed by atoms with Crippen LogP contribution in [0.25, 0.3) is 0 Å². The lowest BCUT2D eigenvalue weighted by molar-refractivity contribution is 0.0698. The van der Waals surface area contributed by atoms with Crippen molar-refractivity contribution < 1.29 is 19.5 Å².